The molecule has 34 heavy (non-hydrogen) atoms. The highest BCUT2D eigenvalue weighted by Crippen LogP contribution is 2.24. The van der Waals surface area contributed by atoms with Crippen molar-refractivity contribution in [3.05, 3.63) is 65.7 Å². The molecule has 1 fully saturated rings. The second-order valence-electron chi connectivity index (χ2n) is 8.63. The highest BCUT2D eigenvalue weighted by atomic mass is 16.2. The highest BCUT2D eigenvalue weighted by Gasteiger charge is 2.17. The van der Waals surface area contributed by atoms with Crippen LogP contribution in [-0.2, 0) is 16.1 Å². The molecule has 2 aromatic carbocycles. The quantitative estimate of drug-likeness (QED) is 0.549. The minimum absolute atomic E-state index is 0.0244. The number of hydrogen-bond donors (Lipinski definition) is 3. The van der Waals surface area contributed by atoms with E-state index < -0.39 is 0 Å². The Morgan fingerprint density at radius 3 is 2.47 bits per heavy atom. The second-order valence-corrected chi connectivity index (χ2v) is 8.63. The average Bonchev–Trinajstić information content (AvgIpc) is 3.39. The van der Waals surface area contributed by atoms with Crippen molar-refractivity contribution < 1.29 is 9.59 Å². The molecule has 1 aliphatic rings. The Morgan fingerprint density at radius 1 is 0.912 bits per heavy atom. The van der Waals surface area contributed by atoms with Crippen LogP contribution in [0, 0.1) is 0 Å². The smallest absolute Gasteiger partial charge is 0.234 e. The van der Waals surface area contributed by atoms with Gasteiger partial charge in [-0.25, -0.2) is 0 Å². The predicted octanol–water partition coefficient (Wildman–Crippen LogP) is 2.26. The first kappa shape index (κ1) is 23.6. The third kappa shape index (κ3) is 6.95. The molecule has 0 saturated carbocycles. The van der Waals surface area contributed by atoms with Crippen molar-refractivity contribution >= 4 is 11.8 Å². The van der Waals surface area contributed by atoms with E-state index in [-0.39, 0.29) is 17.7 Å². The number of tetrazole rings is 1. The Kier molecular flexibility index (Phi) is 8.34. The van der Waals surface area contributed by atoms with E-state index >= 15 is 0 Å². The Balaban J connectivity index is 1.38. The largest absolute Gasteiger partial charge is 0.356 e. The summed E-state index contributed by atoms with van der Waals surface area (Å²) in [5.74, 6) is 0.903. The van der Waals surface area contributed by atoms with Crippen LogP contribution in [0.15, 0.2) is 54.6 Å². The van der Waals surface area contributed by atoms with E-state index in [1.165, 1.54) is 5.56 Å². The number of nitrogens with zero attached hydrogens (tertiary/aromatic N) is 4. The van der Waals surface area contributed by atoms with Crippen LogP contribution in [0.3, 0.4) is 0 Å². The molecule has 4 rings (SSSR count). The number of aromatic nitrogens is 4. The molecular weight excluding hydrogens is 430 g/mol. The van der Waals surface area contributed by atoms with Crippen LogP contribution >= 0.6 is 0 Å². The third-order valence-electron chi connectivity index (χ3n) is 6.11. The summed E-state index contributed by atoms with van der Waals surface area (Å²) >= 11 is 0. The van der Waals surface area contributed by atoms with E-state index in [1.807, 2.05) is 42.5 Å². The Bertz CT molecular complexity index is 1040. The van der Waals surface area contributed by atoms with Crippen LogP contribution in [0.1, 0.15) is 42.7 Å². The fraction of sp³-hybridized carbons (Fsp3) is 0.400. The summed E-state index contributed by atoms with van der Waals surface area (Å²) in [4.78, 5) is 27.2. The molecule has 9 nitrogen and oxygen atoms in total. The van der Waals surface area contributed by atoms with Gasteiger partial charge in [0.25, 0.3) is 0 Å². The fourth-order valence-corrected chi connectivity index (χ4v) is 4.29. The van der Waals surface area contributed by atoms with Gasteiger partial charge >= 0.3 is 0 Å². The zero-order valence-corrected chi connectivity index (χ0v) is 19.2. The molecule has 2 amide bonds. The topological polar surface area (TPSA) is 116 Å². The van der Waals surface area contributed by atoms with Gasteiger partial charge in [0, 0.05) is 38.2 Å². The SMILES string of the molecule is O=C1CCC(c2ccccc2)CCNC(=O)CN(Cc2ccc(-c3nn[nH]n3)cc2)CCCN1. The number of amides is 2. The van der Waals surface area contributed by atoms with Gasteiger partial charge in [-0.3, -0.25) is 14.5 Å². The van der Waals surface area contributed by atoms with Gasteiger partial charge in [-0.05, 0) is 41.5 Å². The molecule has 9 heteroatoms. The van der Waals surface area contributed by atoms with E-state index in [1.54, 1.807) is 0 Å². The van der Waals surface area contributed by atoms with Gasteiger partial charge in [0.15, 0.2) is 0 Å². The molecular formula is C25H31N7O2. The molecule has 3 aromatic rings. The van der Waals surface area contributed by atoms with Gasteiger partial charge < -0.3 is 10.6 Å². The van der Waals surface area contributed by atoms with Crippen molar-refractivity contribution in [2.24, 2.45) is 0 Å². The van der Waals surface area contributed by atoms with Gasteiger partial charge in [0.05, 0.1) is 6.54 Å². The van der Waals surface area contributed by atoms with Gasteiger partial charge in [-0.2, -0.15) is 5.21 Å². The molecule has 1 unspecified atom stereocenters. The lowest BCUT2D eigenvalue weighted by Crippen LogP contribution is -2.39. The Morgan fingerprint density at radius 2 is 1.71 bits per heavy atom. The lowest BCUT2D eigenvalue weighted by Gasteiger charge is -2.23. The maximum absolute atomic E-state index is 12.7. The fourth-order valence-electron chi connectivity index (χ4n) is 4.29. The number of H-pyrrole nitrogens is 1. The molecule has 0 radical (unpaired) electrons. The number of aromatic amines is 1. The van der Waals surface area contributed by atoms with E-state index in [0.29, 0.717) is 45.0 Å². The first-order valence-corrected chi connectivity index (χ1v) is 11.8. The zero-order valence-electron chi connectivity index (χ0n) is 19.2. The van der Waals surface area contributed by atoms with Crippen LogP contribution in [0.4, 0.5) is 0 Å². The molecule has 3 N–H and O–H groups in total. The van der Waals surface area contributed by atoms with Crippen molar-refractivity contribution in [2.75, 3.05) is 26.2 Å². The van der Waals surface area contributed by atoms with E-state index in [0.717, 1.165) is 30.4 Å². The zero-order chi connectivity index (χ0) is 23.6. The van der Waals surface area contributed by atoms with Crippen molar-refractivity contribution in [1.29, 1.82) is 0 Å². The first-order chi connectivity index (χ1) is 16.7. The normalized spacial score (nSPS) is 19.1. The predicted molar refractivity (Wildman–Crippen MR) is 129 cm³/mol. The highest BCUT2D eigenvalue weighted by molar-refractivity contribution is 5.78. The van der Waals surface area contributed by atoms with Crippen LogP contribution < -0.4 is 10.6 Å². The molecule has 1 aliphatic heterocycles. The van der Waals surface area contributed by atoms with Crippen molar-refractivity contribution in [3.8, 4) is 11.4 Å². The summed E-state index contributed by atoms with van der Waals surface area (Å²) in [6.07, 6.45) is 2.85. The number of hydrogen-bond acceptors (Lipinski definition) is 6. The van der Waals surface area contributed by atoms with Crippen LogP contribution in [0.5, 0.6) is 0 Å². The molecule has 1 aromatic heterocycles. The lowest BCUT2D eigenvalue weighted by atomic mass is 9.91. The number of carbonyl (C=O) groups excluding carboxylic acids is 2. The van der Waals surface area contributed by atoms with E-state index in [4.69, 9.17) is 0 Å². The van der Waals surface area contributed by atoms with Gasteiger partial charge in [-0.1, -0.05) is 54.6 Å². The minimum atomic E-state index is 0.0244. The van der Waals surface area contributed by atoms with Crippen LogP contribution in [-0.4, -0.2) is 63.5 Å². The van der Waals surface area contributed by atoms with Gasteiger partial charge in [0.2, 0.25) is 17.6 Å². The summed E-state index contributed by atoms with van der Waals surface area (Å²) in [5.41, 5.74) is 3.18. The summed E-state index contributed by atoms with van der Waals surface area (Å²) in [6, 6.07) is 18.2. The number of nitrogens with one attached hydrogen (secondary N) is 3. The van der Waals surface area contributed by atoms with E-state index in [9.17, 15) is 9.59 Å². The minimum Gasteiger partial charge on any atom is -0.356 e. The van der Waals surface area contributed by atoms with Gasteiger partial charge in [-0.15, -0.1) is 10.2 Å². The van der Waals surface area contributed by atoms with Crippen LogP contribution in [0.2, 0.25) is 0 Å². The molecule has 0 aliphatic carbocycles. The third-order valence-corrected chi connectivity index (χ3v) is 6.11. The second kappa shape index (κ2) is 12.0. The molecule has 1 atom stereocenters. The number of rotatable bonds is 4. The molecule has 0 spiro atoms. The molecule has 1 saturated heterocycles. The molecule has 178 valence electrons. The number of carbonyl (C=O) groups is 2. The average molecular weight is 462 g/mol. The van der Waals surface area contributed by atoms with Gasteiger partial charge in [0.1, 0.15) is 0 Å². The molecule has 0 bridgehead atoms. The maximum Gasteiger partial charge on any atom is 0.234 e. The lowest BCUT2D eigenvalue weighted by molar-refractivity contribution is -0.123. The standard InChI is InChI=1S/C25H31N7O2/c33-23-12-11-21(20-5-2-1-3-6-20)13-15-27-24(34)18-32(16-4-14-26-23)17-19-7-9-22(10-8-19)25-28-30-31-29-25/h1-3,5-10,21H,4,11-18H2,(H,26,33)(H,27,34)(H,28,29,30,31). The van der Waals surface area contributed by atoms with Crippen molar-refractivity contribution in [1.82, 2.24) is 36.2 Å². The summed E-state index contributed by atoms with van der Waals surface area (Å²) < 4.78 is 0. The summed E-state index contributed by atoms with van der Waals surface area (Å²) in [7, 11) is 0. The maximum atomic E-state index is 12.7. The number of benzene rings is 2. The molecule has 2 heterocycles. The van der Waals surface area contributed by atoms with Crippen LogP contribution in [0.25, 0.3) is 11.4 Å². The Labute approximate surface area is 199 Å². The van der Waals surface area contributed by atoms with Crippen molar-refractivity contribution in [3.63, 3.8) is 0 Å². The van der Waals surface area contributed by atoms with E-state index in [2.05, 4.69) is 48.3 Å². The Hall–Kier alpha value is -3.59. The first-order valence-electron chi connectivity index (χ1n) is 11.8. The summed E-state index contributed by atoms with van der Waals surface area (Å²) in [5, 5.41) is 20.2. The van der Waals surface area contributed by atoms with Crippen molar-refractivity contribution in [2.45, 2.75) is 38.1 Å². The summed E-state index contributed by atoms with van der Waals surface area (Å²) in [6.45, 7) is 2.86. The monoisotopic (exact) mass is 461 g/mol.